The predicted octanol–water partition coefficient (Wildman–Crippen LogP) is 3.21. The first-order chi connectivity index (χ1) is 8.20. The second kappa shape index (κ2) is 13.2. The van der Waals surface area contributed by atoms with Crippen molar-refractivity contribution >= 4 is 15.8 Å². The molecule has 0 amide bonds. The highest BCUT2D eigenvalue weighted by atomic mass is 31.1. The normalized spacial score (nSPS) is 14.8. The first-order valence-corrected chi connectivity index (χ1v) is 10.5. The van der Waals surface area contributed by atoms with Gasteiger partial charge < -0.3 is 14.2 Å². The standard InChI is InChI=1S/C12H28O3P2/c1-5-6-14-11-16(3)9-10-17(4)12-15-8-7-13-2/h5-12H2,1-4H3. The molecule has 5 heteroatoms. The smallest absolute Gasteiger partial charge is 0.0705 e. The van der Waals surface area contributed by atoms with E-state index in [1.165, 1.54) is 12.3 Å². The van der Waals surface area contributed by atoms with E-state index in [1.54, 1.807) is 7.11 Å². The van der Waals surface area contributed by atoms with E-state index < -0.39 is 0 Å². The summed E-state index contributed by atoms with van der Waals surface area (Å²) in [4.78, 5) is 0. The van der Waals surface area contributed by atoms with Gasteiger partial charge in [-0.15, -0.1) is 0 Å². The van der Waals surface area contributed by atoms with Crippen LogP contribution in [0.25, 0.3) is 0 Å². The summed E-state index contributed by atoms with van der Waals surface area (Å²) in [7, 11) is 1.81. The Morgan fingerprint density at radius 3 is 1.82 bits per heavy atom. The minimum Gasteiger partial charge on any atom is -0.382 e. The molecule has 17 heavy (non-hydrogen) atoms. The van der Waals surface area contributed by atoms with Crippen molar-refractivity contribution in [3.05, 3.63) is 0 Å². The Balaban J connectivity index is 3.32. The molecule has 0 heterocycles. The lowest BCUT2D eigenvalue weighted by molar-refractivity contribution is 0.0940. The molecule has 0 aliphatic carbocycles. The van der Waals surface area contributed by atoms with Gasteiger partial charge in [-0.1, -0.05) is 22.8 Å². The van der Waals surface area contributed by atoms with Crippen molar-refractivity contribution in [3.8, 4) is 0 Å². The third-order valence-electron chi connectivity index (χ3n) is 2.27. The van der Waals surface area contributed by atoms with Crippen LogP contribution in [0.3, 0.4) is 0 Å². The monoisotopic (exact) mass is 282 g/mol. The first-order valence-electron chi connectivity index (χ1n) is 6.22. The third-order valence-corrected chi connectivity index (χ3v) is 5.84. The van der Waals surface area contributed by atoms with Gasteiger partial charge in [-0.05, 0) is 32.1 Å². The van der Waals surface area contributed by atoms with Crippen LogP contribution in [-0.4, -0.2) is 65.3 Å². The van der Waals surface area contributed by atoms with Crippen molar-refractivity contribution in [1.82, 2.24) is 0 Å². The number of rotatable bonds is 12. The molecule has 0 aromatic rings. The molecule has 0 aliphatic heterocycles. The van der Waals surface area contributed by atoms with Crippen molar-refractivity contribution < 1.29 is 14.2 Å². The van der Waals surface area contributed by atoms with E-state index in [4.69, 9.17) is 14.2 Å². The summed E-state index contributed by atoms with van der Waals surface area (Å²) < 4.78 is 16.1. The predicted molar refractivity (Wildman–Crippen MR) is 79.2 cm³/mol. The lowest BCUT2D eigenvalue weighted by Crippen LogP contribution is -2.04. The van der Waals surface area contributed by atoms with E-state index in [2.05, 4.69) is 20.3 Å². The molecule has 0 aliphatic rings. The van der Waals surface area contributed by atoms with Crippen LogP contribution in [0, 0.1) is 0 Å². The van der Waals surface area contributed by atoms with Crippen LogP contribution in [0.15, 0.2) is 0 Å². The Morgan fingerprint density at radius 2 is 1.35 bits per heavy atom. The van der Waals surface area contributed by atoms with E-state index in [0.29, 0.717) is 6.61 Å². The molecule has 0 radical (unpaired) electrons. The van der Waals surface area contributed by atoms with Crippen LogP contribution in [-0.2, 0) is 14.2 Å². The highest BCUT2D eigenvalue weighted by Crippen LogP contribution is 2.38. The van der Waals surface area contributed by atoms with Crippen LogP contribution in [0.2, 0.25) is 0 Å². The fraction of sp³-hybridized carbons (Fsp3) is 1.00. The lowest BCUT2D eigenvalue weighted by Gasteiger charge is -2.16. The Kier molecular flexibility index (Phi) is 13.8. The topological polar surface area (TPSA) is 27.7 Å². The highest BCUT2D eigenvalue weighted by molar-refractivity contribution is 7.60. The largest absolute Gasteiger partial charge is 0.382 e. The van der Waals surface area contributed by atoms with Gasteiger partial charge in [0.2, 0.25) is 0 Å². The molecule has 2 unspecified atom stereocenters. The second-order valence-corrected chi connectivity index (χ2v) is 9.06. The third kappa shape index (κ3) is 13.0. The van der Waals surface area contributed by atoms with Crippen LogP contribution in [0.4, 0.5) is 0 Å². The molecule has 0 saturated carbocycles. The second-order valence-electron chi connectivity index (χ2n) is 4.23. The minimum absolute atomic E-state index is 0.0346. The van der Waals surface area contributed by atoms with Crippen LogP contribution in [0.1, 0.15) is 13.3 Å². The van der Waals surface area contributed by atoms with E-state index >= 15 is 0 Å². The average Bonchev–Trinajstić information content (AvgIpc) is 2.32. The van der Waals surface area contributed by atoms with Gasteiger partial charge in [0.1, 0.15) is 0 Å². The number of hydrogen-bond acceptors (Lipinski definition) is 3. The molecule has 0 aromatic heterocycles. The summed E-state index contributed by atoms with van der Waals surface area (Å²) in [6.45, 7) is 9.14. The van der Waals surface area contributed by atoms with E-state index in [1.807, 2.05) is 0 Å². The van der Waals surface area contributed by atoms with E-state index in [-0.39, 0.29) is 15.8 Å². The van der Waals surface area contributed by atoms with Gasteiger partial charge in [-0.3, -0.25) is 0 Å². The molecule has 3 nitrogen and oxygen atoms in total. The van der Waals surface area contributed by atoms with Gasteiger partial charge in [0.15, 0.2) is 0 Å². The first kappa shape index (κ1) is 17.7. The van der Waals surface area contributed by atoms with Gasteiger partial charge in [-0.2, -0.15) is 0 Å². The highest BCUT2D eigenvalue weighted by Gasteiger charge is 2.06. The Labute approximate surface area is 109 Å². The summed E-state index contributed by atoms with van der Waals surface area (Å²) in [6, 6.07) is 0. The van der Waals surface area contributed by atoms with Crippen LogP contribution < -0.4 is 0 Å². The van der Waals surface area contributed by atoms with Gasteiger partial charge in [-0.25, -0.2) is 0 Å². The Bertz CT molecular complexity index is 159. The van der Waals surface area contributed by atoms with E-state index in [0.717, 1.165) is 32.3 Å². The van der Waals surface area contributed by atoms with Gasteiger partial charge in [0.25, 0.3) is 0 Å². The van der Waals surface area contributed by atoms with Gasteiger partial charge in [0, 0.05) is 13.7 Å². The molecular weight excluding hydrogens is 254 g/mol. The van der Waals surface area contributed by atoms with Crippen molar-refractivity contribution in [2.45, 2.75) is 13.3 Å². The van der Waals surface area contributed by atoms with Crippen LogP contribution >= 0.6 is 15.8 Å². The van der Waals surface area contributed by atoms with Crippen molar-refractivity contribution in [2.75, 3.05) is 65.3 Å². The molecule has 0 saturated heterocycles. The zero-order valence-electron chi connectivity index (χ0n) is 11.8. The summed E-state index contributed by atoms with van der Waals surface area (Å²) in [5, 5.41) is 0. The summed E-state index contributed by atoms with van der Waals surface area (Å²) in [6.07, 6.45) is 5.63. The number of hydrogen-bond donors (Lipinski definition) is 0. The minimum atomic E-state index is 0.0346. The maximum atomic E-state index is 5.58. The maximum absolute atomic E-state index is 5.58. The molecule has 0 bridgehead atoms. The SMILES string of the molecule is CCCOCP(C)CCP(C)COCCOC. The van der Waals surface area contributed by atoms with Crippen molar-refractivity contribution in [1.29, 1.82) is 0 Å². The molecule has 2 atom stereocenters. The zero-order valence-corrected chi connectivity index (χ0v) is 13.6. The fourth-order valence-corrected chi connectivity index (χ4v) is 5.07. The lowest BCUT2D eigenvalue weighted by atomic mass is 10.5. The van der Waals surface area contributed by atoms with Crippen molar-refractivity contribution in [2.24, 2.45) is 0 Å². The summed E-state index contributed by atoms with van der Waals surface area (Å²) in [5.41, 5.74) is 0. The summed E-state index contributed by atoms with van der Waals surface area (Å²) >= 11 is 0. The van der Waals surface area contributed by atoms with E-state index in [9.17, 15) is 0 Å². The van der Waals surface area contributed by atoms with Gasteiger partial charge >= 0.3 is 0 Å². The zero-order chi connectivity index (χ0) is 12.9. The quantitative estimate of drug-likeness (QED) is 0.406. The molecule has 0 N–H and O–H groups in total. The Hall–Kier alpha value is 0.740. The fourth-order valence-electron chi connectivity index (χ4n) is 1.20. The summed E-state index contributed by atoms with van der Waals surface area (Å²) in [5.74, 6) is 0. The maximum Gasteiger partial charge on any atom is 0.0705 e. The van der Waals surface area contributed by atoms with Gasteiger partial charge in [0.05, 0.1) is 25.9 Å². The number of ether oxygens (including phenoxy) is 3. The molecule has 0 aromatic carbocycles. The van der Waals surface area contributed by atoms with Crippen LogP contribution in [0.5, 0.6) is 0 Å². The Morgan fingerprint density at radius 1 is 0.824 bits per heavy atom. The molecule has 104 valence electrons. The van der Waals surface area contributed by atoms with Crippen molar-refractivity contribution in [3.63, 3.8) is 0 Å². The molecule has 0 spiro atoms. The average molecular weight is 282 g/mol. The molecule has 0 rings (SSSR count). The molecular formula is C12H28O3P2. The molecule has 0 fully saturated rings. The number of methoxy groups -OCH3 is 1.